The molecule has 0 radical (unpaired) electrons. The zero-order valence-corrected chi connectivity index (χ0v) is 10.9. The number of nitrogens with zero attached hydrogens (tertiary/aromatic N) is 2. The van der Waals surface area contributed by atoms with Gasteiger partial charge in [0, 0.05) is 31.0 Å². The molecule has 0 spiro atoms. The van der Waals surface area contributed by atoms with Crippen molar-refractivity contribution < 1.29 is 9.90 Å². The summed E-state index contributed by atoms with van der Waals surface area (Å²) in [5.41, 5.74) is -0.325. The highest BCUT2D eigenvalue weighted by atomic mass is 16.4. The second-order valence-electron chi connectivity index (χ2n) is 4.38. The Balaban J connectivity index is 2.33. The van der Waals surface area contributed by atoms with Gasteiger partial charge in [-0.25, -0.2) is 4.79 Å². The molecule has 0 aliphatic rings. The Kier molecular flexibility index (Phi) is 3.84. The van der Waals surface area contributed by atoms with Crippen LogP contribution in [0.3, 0.4) is 0 Å². The summed E-state index contributed by atoms with van der Waals surface area (Å²) in [6, 6.07) is 7.68. The van der Waals surface area contributed by atoms with E-state index < -0.39 is 11.5 Å². The van der Waals surface area contributed by atoms with Crippen LogP contribution in [0.5, 0.6) is 0 Å². The van der Waals surface area contributed by atoms with E-state index in [-0.39, 0.29) is 17.7 Å². The minimum absolute atomic E-state index is 0.160. The first-order valence-corrected chi connectivity index (χ1v) is 6.10. The Bertz CT molecular complexity index is 758. The number of hydrogen-bond acceptors (Lipinski definition) is 3. The van der Waals surface area contributed by atoms with E-state index >= 15 is 0 Å². The summed E-state index contributed by atoms with van der Waals surface area (Å²) in [5, 5.41) is 8.94. The van der Waals surface area contributed by atoms with E-state index in [1.165, 1.54) is 21.3 Å². The Labute approximate surface area is 114 Å². The fourth-order valence-electron chi connectivity index (χ4n) is 1.96. The normalized spacial score (nSPS) is 10.4. The summed E-state index contributed by atoms with van der Waals surface area (Å²) < 4.78 is 2.84. The maximum absolute atomic E-state index is 12.0. The van der Waals surface area contributed by atoms with Crippen LogP contribution in [0.25, 0.3) is 0 Å². The van der Waals surface area contributed by atoms with Crippen molar-refractivity contribution in [1.82, 2.24) is 9.13 Å². The Hall–Kier alpha value is -2.63. The van der Waals surface area contributed by atoms with Crippen LogP contribution in [0, 0.1) is 6.92 Å². The molecule has 6 nitrogen and oxygen atoms in total. The number of aromatic nitrogens is 2. The lowest BCUT2D eigenvalue weighted by atomic mass is 10.2. The van der Waals surface area contributed by atoms with Crippen LogP contribution in [0.2, 0.25) is 0 Å². The number of carboxylic acid groups (broad SMARTS) is 1. The molecule has 0 aliphatic heterocycles. The average Bonchev–Trinajstić information content (AvgIpc) is 2.40. The highest BCUT2D eigenvalue weighted by molar-refractivity contribution is 5.87. The van der Waals surface area contributed by atoms with Crippen molar-refractivity contribution in [2.45, 2.75) is 20.0 Å². The standard InChI is InChI=1S/C14H14N2O4/c1-10-5-6-11(14(19)20)13(18)16(10)9-8-15-7-3-2-4-12(15)17/h2-7H,8-9H2,1H3,(H,19,20). The molecule has 2 aromatic heterocycles. The van der Waals surface area contributed by atoms with Crippen LogP contribution in [-0.4, -0.2) is 20.2 Å². The van der Waals surface area contributed by atoms with Crippen molar-refractivity contribution in [3.63, 3.8) is 0 Å². The summed E-state index contributed by atoms with van der Waals surface area (Å²) in [5.74, 6) is -1.25. The van der Waals surface area contributed by atoms with Crippen LogP contribution in [-0.2, 0) is 13.1 Å². The molecular weight excluding hydrogens is 260 g/mol. The highest BCUT2D eigenvalue weighted by Gasteiger charge is 2.12. The molecular formula is C14H14N2O4. The average molecular weight is 274 g/mol. The predicted molar refractivity (Wildman–Crippen MR) is 73.1 cm³/mol. The molecule has 0 aromatic carbocycles. The van der Waals surface area contributed by atoms with Crippen molar-refractivity contribution in [1.29, 1.82) is 0 Å². The Morgan fingerprint density at radius 2 is 1.90 bits per heavy atom. The number of carboxylic acids is 1. The topological polar surface area (TPSA) is 81.3 Å². The zero-order chi connectivity index (χ0) is 14.7. The van der Waals surface area contributed by atoms with Crippen molar-refractivity contribution in [2.24, 2.45) is 0 Å². The maximum atomic E-state index is 12.0. The van der Waals surface area contributed by atoms with Gasteiger partial charge in [0.2, 0.25) is 0 Å². The molecule has 2 rings (SSSR count). The second-order valence-corrected chi connectivity index (χ2v) is 4.38. The monoisotopic (exact) mass is 274 g/mol. The molecule has 1 N–H and O–H groups in total. The van der Waals surface area contributed by atoms with Gasteiger partial charge in [0.1, 0.15) is 5.56 Å². The third-order valence-corrected chi connectivity index (χ3v) is 3.09. The number of aryl methyl sites for hydroxylation is 2. The molecule has 0 aliphatic carbocycles. The van der Waals surface area contributed by atoms with Gasteiger partial charge in [-0.05, 0) is 25.1 Å². The molecule has 0 amide bonds. The summed E-state index contributed by atoms with van der Waals surface area (Å²) in [4.78, 5) is 34.5. The molecule has 2 aromatic rings. The number of pyridine rings is 2. The van der Waals surface area contributed by atoms with Gasteiger partial charge in [-0.2, -0.15) is 0 Å². The quantitative estimate of drug-likeness (QED) is 0.890. The lowest BCUT2D eigenvalue weighted by Gasteiger charge is -2.11. The largest absolute Gasteiger partial charge is 0.477 e. The summed E-state index contributed by atoms with van der Waals surface area (Å²) in [7, 11) is 0. The number of hydrogen-bond donors (Lipinski definition) is 1. The van der Waals surface area contributed by atoms with Gasteiger partial charge in [0.15, 0.2) is 0 Å². The molecule has 0 bridgehead atoms. The Morgan fingerprint density at radius 1 is 1.15 bits per heavy atom. The maximum Gasteiger partial charge on any atom is 0.341 e. The fraction of sp³-hybridized carbons (Fsp3) is 0.214. The lowest BCUT2D eigenvalue weighted by molar-refractivity contribution is 0.0694. The van der Waals surface area contributed by atoms with Gasteiger partial charge in [-0.15, -0.1) is 0 Å². The van der Waals surface area contributed by atoms with Crippen molar-refractivity contribution in [3.05, 3.63) is 68.5 Å². The van der Waals surface area contributed by atoms with Gasteiger partial charge >= 0.3 is 5.97 Å². The van der Waals surface area contributed by atoms with Gasteiger partial charge in [0.25, 0.3) is 11.1 Å². The molecule has 0 saturated heterocycles. The summed E-state index contributed by atoms with van der Waals surface area (Å²) in [6.45, 7) is 2.28. The van der Waals surface area contributed by atoms with E-state index in [2.05, 4.69) is 0 Å². The van der Waals surface area contributed by atoms with Gasteiger partial charge < -0.3 is 14.2 Å². The first-order chi connectivity index (χ1) is 9.50. The second kappa shape index (κ2) is 5.56. The van der Waals surface area contributed by atoms with Gasteiger partial charge in [0.05, 0.1) is 0 Å². The molecule has 6 heteroatoms. The molecule has 0 atom stereocenters. The van der Waals surface area contributed by atoms with E-state index in [9.17, 15) is 14.4 Å². The van der Waals surface area contributed by atoms with Crippen molar-refractivity contribution in [2.75, 3.05) is 0 Å². The van der Waals surface area contributed by atoms with E-state index in [0.29, 0.717) is 12.2 Å². The van der Waals surface area contributed by atoms with Crippen LogP contribution >= 0.6 is 0 Å². The van der Waals surface area contributed by atoms with Crippen LogP contribution in [0.15, 0.2) is 46.1 Å². The third kappa shape index (κ3) is 2.69. The molecule has 0 saturated carbocycles. The third-order valence-electron chi connectivity index (χ3n) is 3.09. The number of aromatic carboxylic acids is 1. The highest BCUT2D eigenvalue weighted by Crippen LogP contribution is 1.99. The van der Waals surface area contributed by atoms with Gasteiger partial charge in [-0.3, -0.25) is 9.59 Å². The molecule has 20 heavy (non-hydrogen) atoms. The number of rotatable bonds is 4. The zero-order valence-electron chi connectivity index (χ0n) is 10.9. The smallest absolute Gasteiger partial charge is 0.341 e. The van der Waals surface area contributed by atoms with E-state index in [0.717, 1.165) is 0 Å². The minimum Gasteiger partial charge on any atom is -0.477 e. The van der Waals surface area contributed by atoms with E-state index in [1.807, 2.05) is 0 Å². The fourth-order valence-corrected chi connectivity index (χ4v) is 1.96. The molecule has 0 fully saturated rings. The van der Waals surface area contributed by atoms with Crippen LogP contribution in [0.4, 0.5) is 0 Å². The molecule has 2 heterocycles. The number of carbonyl (C=O) groups is 1. The Morgan fingerprint density at radius 3 is 2.55 bits per heavy atom. The molecule has 104 valence electrons. The summed E-state index contributed by atoms with van der Waals surface area (Å²) >= 11 is 0. The summed E-state index contributed by atoms with van der Waals surface area (Å²) in [6.07, 6.45) is 1.63. The van der Waals surface area contributed by atoms with Crippen molar-refractivity contribution in [3.8, 4) is 0 Å². The first kappa shape index (κ1) is 13.8. The van der Waals surface area contributed by atoms with Crippen LogP contribution < -0.4 is 11.1 Å². The predicted octanol–water partition coefficient (Wildman–Crippen LogP) is 0.717. The minimum atomic E-state index is -1.25. The van der Waals surface area contributed by atoms with E-state index in [4.69, 9.17) is 5.11 Å². The first-order valence-electron chi connectivity index (χ1n) is 6.10. The van der Waals surface area contributed by atoms with E-state index in [1.54, 1.807) is 31.3 Å². The molecule has 0 unspecified atom stereocenters. The van der Waals surface area contributed by atoms with Crippen LogP contribution in [0.1, 0.15) is 16.1 Å². The SMILES string of the molecule is Cc1ccc(C(=O)O)c(=O)n1CCn1ccccc1=O. The van der Waals surface area contributed by atoms with Crippen molar-refractivity contribution >= 4 is 5.97 Å². The van der Waals surface area contributed by atoms with Gasteiger partial charge in [-0.1, -0.05) is 6.07 Å². The lowest BCUT2D eigenvalue weighted by Crippen LogP contribution is -2.30.